The van der Waals surface area contributed by atoms with Crippen LogP contribution in [-0.4, -0.2) is 38.9 Å². The highest BCUT2D eigenvalue weighted by Gasteiger charge is 2.30. The van der Waals surface area contributed by atoms with Gasteiger partial charge in [-0.1, -0.05) is 6.07 Å². The lowest BCUT2D eigenvalue weighted by Gasteiger charge is -2.30. The molecule has 2 aliphatic rings. The first-order chi connectivity index (χ1) is 14.5. The zero-order chi connectivity index (χ0) is 20.7. The Morgan fingerprint density at radius 1 is 1.23 bits per heavy atom. The largest absolute Gasteiger partial charge is 0.491 e. The molecule has 5 rings (SSSR count). The SMILES string of the molecule is CC1(C)CCn2nc(C(=O)N[C@H]3COc4ccc(-c5ccccn5)cc4C3)cc2O1. The smallest absolute Gasteiger partial charge is 0.272 e. The zero-order valence-corrected chi connectivity index (χ0v) is 17.1. The minimum Gasteiger partial charge on any atom is -0.491 e. The Morgan fingerprint density at radius 2 is 2.13 bits per heavy atom. The maximum absolute atomic E-state index is 12.8. The summed E-state index contributed by atoms with van der Waals surface area (Å²) in [7, 11) is 0. The van der Waals surface area contributed by atoms with Crippen molar-refractivity contribution in [2.45, 2.75) is 44.9 Å². The van der Waals surface area contributed by atoms with Crippen molar-refractivity contribution in [1.82, 2.24) is 20.1 Å². The Hall–Kier alpha value is -3.35. The summed E-state index contributed by atoms with van der Waals surface area (Å²) in [5.41, 5.74) is 3.14. The summed E-state index contributed by atoms with van der Waals surface area (Å²) in [5, 5.41) is 7.46. The molecule has 0 aliphatic carbocycles. The number of aryl methyl sites for hydroxylation is 1. The molecular weight excluding hydrogens is 380 g/mol. The van der Waals surface area contributed by atoms with E-state index < -0.39 is 0 Å². The van der Waals surface area contributed by atoms with Gasteiger partial charge < -0.3 is 14.8 Å². The molecule has 0 unspecified atom stereocenters. The lowest BCUT2D eigenvalue weighted by Crippen LogP contribution is -2.42. The van der Waals surface area contributed by atoms with E-state index >= 15 is 0 Å². The number of fused-ring (bicyclic) bond motifs is 2. The van der Waals surface area contributed by atoms with Crippen molar-refractivity contribution in [3.05, 3.63) is 59.9 Å². The maximum Gasteiger partial charge on any atom is 0.272 e. The van der Waals surface area contributed by atoms with E-state index in [0.717, 1.165) is 35.5 Å². The van der Waals surface area contributed by atoms with Gasteiger partial charge in [0.25, 0.3) is 5.91 Å². The van der Waals surface area contributed by atoms with Crippen LogP contribution in [0, 0.1) is 0 Å². The van der Waals surface area contributed by atoms with Crippen LogP contribution in [0.2, 0.25) is 0 Å². The van der Waals surface area contributed by atoms with Gasteiger partial charge in [-0.25, -0.2) is 4.68 Å². The van der Waals surface area contributed by atoms with Gasteiger partial charge in [0.15, 0.2) is 5.69 Å². The van der Waals surface area contributed by atoms with Gasteiger partial charge in [0.05, 0.1) is 11.7 Å². The first kappa shape index (κ1) is 18.7. The van der Waals surface area contributed by atoms with Crippen molar-refractivity contribution in [3.8, 4) is 22.9 Å². The van der Waals surface area contributed by atoms with Crippen LogP contribution in [0.4, 0.5) is 0 Å². The normalized spacial score (nSPS) is 19.1. The summed E-state index contributed by atoms with van der Waals surface area (Å²) in [6.45, 7) is 5.25. The molecule has 7 nitrogen and oxygen atoms in total. The monoisotopic (exact) mass is 404 g/mol. The van der Waals surface area contributed by atoms with Crippen molar-refractivity contribution in [3.63, 3.8) is 0 Å². The highest BCUT2D eigenvalue weighted by atomic mass is 16.5. The predicted molar refractivity (Wildman–Crippen MR) is 112 cm³/mol. The van der Waals surface area contributed by atoms with Crippen LogP contribution < -0.4 is 14.8 Å². The second-order valence-electron chi connectivity index (χ2n) is 8.43. The molecule has 3 aromatic rings. The number of nitrogens with one attached hydrogen (secondary N) is 1. The van der Waals surface area contributed by atoms with Crippen LogP contribution in [-0.2, 0) is 13.0 Å². The third-order valence-electron chi connectivity index (χ3n) is 5.54. The Balaban J connectivity index is 1.30. The Morgan fingerprint density at radius 3 is 2.97 bits per heavy atom. The number of amides is 1. The molecule has 154 valence electrons. The highest BCUT2D eigenvalue weighted by molar-refractivity contribution is 5.92. The average Bonchev–Trinajstić information content (AvgIpc) is 3.16. The minimum atomic E-state index is -0.240. The summed E-state index contributed by atoms with van der Waals surface area (Å²) in [6, 6.07) is 13.5. The van der Waals surface area contributed by atoms with E-state index in [1.165, 1.54) is 0 Å². The van der Waals surface area contributed by atoms with Crippen molar-refractivity contribution >= 4 is 5.91 Å². The third-order valence-corrected chi connectivity index (χ3v) is 5.54. The molecule has 1 amide bonds. The Labute approximate surface area is 175 Å². The van der Waals surface area contributed by atoms with Crippen LogP contribution in [0.15, 0.2) is 48.7 Å². The molecular formula is C23H24N4O3. The minimum absolute atomic E-state index is 0.125. The summed E-state index contributed by atoms with van der Waals surface area (Å²) in [4.78, 5) is 17.2. The van der Waals surface area contributed by atoms with Crippen LogP contribution >= 0.6 is 0 Å². The predicted octanol–water partition coefficient (Wildman–Crippen LogP) is 3.24. The van der Waals surface area contributed by atoms with Crippen molar-refractivity contribution in [2.75, 3.05) is 6.61 Å². The fourth-order valence-electron chi connectivity index (χ4n) is 3.90. The Bertz CT molecular complexity index is 1090. The third kappa shape index (κ3) is 3.63. The van der Waals surface area contributed by atoms with E-state index in [0.29, 0.717) is 24.6 Å². The molecule has 0 saturated heterocycles. The van der Waals surface area contributed by atoms with Crippen LogP contribution in [0.3, 0.4) is 0 Å². The van der Waals surface area contributed by atoms with Crippen LogP contribution in [0.1, 0.15) is 36.3 Å². The topological polar surface area (TPSA) is 78.3 Å². The molecule has 4 heterocycles. The molecule has 7 heteroatoms. The number of hydrogen-bond donors (Lipinski definition) is 1. The number of pyridine rings is 1. The molecule has 0 spiro atoms. The van der Waals surface area contributed by atoms with Gasteiger partial charge in [-0.2, -0.15) is 5.10 Å². The van der Waals surface area contributed by atoms with Gasteiger partial charge in [0, 0.05) is 30.8 Å². The number of hydrogen-bond acceptors (Lipinski definition) is 5. The number of carbonyl (C=O) groups excluding carboxylic acids is 1. The summed E-state index contributed by atoms with van der Waals surface area (Å²) in [5.74, 6) is 1.28. The van der Waals surface area contributed by atoms with E-state index in [1.807, 2.05) is 44.2 Å². The number of benzene rings is 1. The lowest BCUT2D eigenvalue weighted by molar-refractivity contribution is 0.0535. The molecule has 0 fully saturated rings. The number of nitrogens with zero attached hydrogens (tertiary/aromatic N) is 3. The van der Waals surface area contributed by atoms with Gasteiger partial charge in [0.2, 0.25) is 5.88 Å². The standard InChI is InChI=1S/C23H24N4O3/c1-23(2)8-10-27-21(30-23)13-19(26-27)22(28)25-17-12-16-11-15(6-7-20(16)29-14-17)18-5-3-4-9-24-18/h3-7,9,11,13,17H,8,10,12,14H2,1-2H3,(H,25,28)/t17-/m1/s1. The van der Waals surface area contributed by atoms with E-state index in [4.69, 9.17) is 9.47 Å². The van der Waals surface area contributed by atoms with Gasteiger partial charge in [-0.3, -0.25) is 9.78 Å². The fraction of sp³-hybridized carbons (Fsp3) is 0.348. The van der Waals surface area contributed by atoms with E-state index in [9.17, 15) is 4.79 Å². The summed E-state index contributed by atoms with van der Waals surface area (Å²) >= 11 is 0. The quantitative estimate of drug-likeness (QED) is 0.725. The summed E-state index contributed by atoms with van der Waals surface area (Å²) < 4.78 is 13.6. The van der Waals surface area contributed by atoms with Crippen molar-refractivity contribution in [2.24, 2.45) is 0 Å². The molecule has 0 saturated carbocycles. The lowest BCUT2D eigenvalue weighted by atomic mass is 9.99. The highest BCUT2D eigenvalue weighted by Crippen LogP contribution is 2.30. The van der Waals surface area contributed by atoms with Crippen molar-refractivity contribution < 1.29 is 14.3 Å². The van der Waals surface area contributed by atoms with Crippen LogP contribution in [0.25, 0.3) is 11.3 Å². The number of rotatable bonds is 3. The summed E-state index contributed by atoms with van der Waals surface area (Å²) in [6.07, 6.45) is 3.33. The van der Waals surface area contributed by atoms with Crippen molar-refractivity contribution in [1.29, 1.82) is 0 Å². The van der Waals surface area contributed by atoms with Gasteiger partial charge in [0.1, 0.15) is 18.0 Å². The fourth-order valence-corrected chi connectivity index (χ4v) is 3.90. The van der Waals surface area contributed by atoms with E-state index in [-0.39, 0.29) is 17.6 Å². The molecule has 1 atom stereocenters. The maximum atomic E-state index is 12.8. The first-order valence-corrected chi connectivity index (χ1v) is 10.2. The van der Waals surface area contributed by atoms with Crippen LogP contribution in [0.5, 0.6) is 11.6 Å². The van der Waals surface area contributed by atoms with Gasteiger partial charge in [-0.15, -0.1) is 0 Å². The molecule has 0 radical (unpaired) electrons. The van der Waals surface area contributed by atoms with Gasteiger partial charge in [-0.05, 0) is 56.2 Å². The average molecular weight is 404 g/mol. The Kier molecular flexibility index (Phi) is 4.46. The molecule has 0 bridgehead atoms. The first-order valence-electron chi connectivity index (χ1n) is 10.2. The molecule has 1 aromatic carbocycles. The molecule has 2 aromatic heterocycles. The molecule has 30 heavy (non-hydrogen) atoms. The second-order valence-corrected chi connectivity index (χ2v) is 8.43. The van der Waals surface area contributed by atoms with E-state index in [1.54, 1.807) is 16.9 Å². The number of aromatic nitrogens is 3. The number of carbonyl (C=O) groups is 1. The zero-order valence-electron chi connectivity index (χ0n) is 17.1. The second kappa shape index (κ2) is 7.16. The number of ether oxygens (including phenoxy) is 2. The molecule has 1 N–H and O–H groups in total. The van der Waals surface area contributed by atoms with Gasteiger partial charge >= 0.3 is 0 Å². The molecule has 2 aliphatic heterocycles. The van der Waals surface area contributed by atoms with E-state index in [2.05, 4.69) is 21.5 Å².